The van der Waals surface area contributed by atoms with Crippen molar-refractivity contribution < 1.29 is 14.7 Å². The van der Waals surface area contributed by atoms with Crippen LogP contribution in [0.3, 0.4) is 0 Å². The number of hydrogen-bond donors (Lipinski definition) is 2. The average molecular weight is 296 g/mol. The molecule has 1 aromatic carbocycles. The van der Waals surface area contributed by atoms with Crippen LogP contribution in [0.1, 0.15) is 48.0 Å². The molecule has 20 heavy (non-hydrogen) atoms. The first-order valence-corrected chi connectivity index (χ1v) is 7.15. The van der Waals surface area contributed by atoms with Crippen molar-refractivity contribution in [3.05, 3.63) is 34.3 Å². The molecular formula is C15H18ClNO3. The van der Waals surface area contributed by atoms with E-state index in [9.17, 15) is 14.7 Å². The largest absolute Gasteiger partial charge is 0.480 e. The lowest BCUT2D eigenvalue weighted by atomic mass is 9.81. The Labute approximate surface area is 123 Å². The molecule has 2 rings (SSSR count). The van der Waals surface area contributed by atoms with Crippen molar-refractivity contribution in [1.29, 1.82) is 0 Å². The summed E-state index contributed by atoms with van der Waals surface area (Å²) in [6, 6.07) is 5.17. The summed E-state index contributed by atoms with van der Waals surface area (Å²) in [5.41, 5.74) is -0.0206. The molecule has 0 heterocycles. The van der Waals surface area contributed by atoms with Crippen LogP contribution in [-0.4, -0.2) is 22.5 Å². The van der Waals surface area contributed by atoms with E-state index in [-0.39, 0.29) is 0 Å². The first kappa shape index (κ1) is 14.9. The van der Waals surface area contributed by atoms with Crippen LogP contribution >= 0.6 is 11.6 Å². The third-order valence-electron chi connectivity index (χ3n) is 3.91. The predicted molar refractivity (Wildman–Crippen MR) is 77.1 cm³/mol. The van der Waals surface area contributed by atoms with E-state index in [1.807, 2.05) is 13.0 Å². The normalized spacial score (nSPS) is 17.5. The second-order valence-corrected chi connectivity index (χ2v) is 5.72. The quantitative estimate of drug-likeness (QED) is 0.900. The molecule has 1 fully saturated rings. The molecule has 0 spiro atoms. The van der Waals surface area contributed by atoms with Gasteiger partial charge in [0.25, 0.3) is 5.91 Å². The first-order valence-electron chi connectivity index (χ1n) is 6.77. The number of aliphatic carboxylic acids is 1. The second-order valence-electron chi connectivity index (χ2n) is 5.34. The zero-order valence-electron chi connectivity index (χ0n) is 11.4. The van der Waals surface area contributed by atoms with Crippen molar-refractivity contribution in [1.82, 2.24) is 5.32 Å². The topological polar surface area (TPSA) is 66.4 Å². The Morgan fingerprint density at radius 3 is 2.50 bits per heavy atom. The van der Waals surface area contributed by atoms with Gasteiger partial charge in [0.1, 0.15) is 5.54 Å². The molecule has 0 aromatic heterocycles. The molecule has 5 heteroatoms. The molecule has 0 unspecified atom stereocenters. The molecule has 4 nitrogen and oxygen atoms in total. The molecule has 1 amide bonds. The van der Waals surface area contributed by atoms with E-state index < -0.39 is 17.4 Å². The summed E-state index contributed by atoms with van der Waals surface area (Å²) in [6.07, 6.45) is 3.58. The summed E-state index contributed by atoms with van der Waals surface area (Å²) in [5.74, 6) is -1.38. The lowest BCUT2D eigenvalue weighted by Crippen LogP contribution is -2.55. The zero-order valence-corrected chi connectivity index (χ0v) is 12.2. The van der Waals surface area contributed by atoms with Gasteiger partial charge in [-0.2, -0.15) is 0 Å². The van der Waals surface area contributed by atoms with E-state index in [4.69, 9.17) is 11.6 Å². The van der Waals surface area contributed by atoms with Crippen LogP contribution in [-0.2, 0) is 4.79 Å². The molecule has 0 radical (unpaired) electrons. The van der Waals surface area contributed by atoms with Crippen LogP contribution in [0.2, 0.25) is 5.02 Å². The van der Waals surface area contributed by atoms with Crippen LogP contribution in [0.15, 0.2) is 18.2 Å². The lowest BCUT2D eigenvalue weighted by Gasteiger charge is -2.34. The molecule has 0 atom stereocenters. The van der Waals surface area contributed by atoms with Gasteiger partial charge < -0.3 is 10.4 Å². The smallest absolute Gasteiger partial charge is 0.329 e. The molecule has 1 aliphatic carbocycles. The number of aryl methyl sites for hydroxylation is 1. The average Bonchev–Trinajstić information content (AvgIpc) is 2.42. The SMILES string of the molecule is Cc1cccc(C(=O)NC2(C(=O)O)CCCCC2)c1Cl. The summed E-state index contributed by atoms with van der Waals surface area (Å²) in [6.45, 7) is 1.81. The van der Waals surface area contributed by atoms with Crippen molar-refractivity contribution >= 4 is 23.5 Å². The molecule has 1 aliphatic rings. The Hall–Kier alpha value is -1.55. The van der Waals surface area contributed by atoms with E-state index in [0.717, 1.165) is 24.8 Å². The summed E-state index contributed by atoms with van der Waals surface area (Å²) >= 11 is 6.12. The molecule has 1 saturated carbocycles. The second kappa shape index (κ2) is 5.83. The third kappa shape index (κ3) is 2.80. The van der Waals surface area contributed by atoms with Gasteiger partial charge in [-0.05, 0) is 31.4 Å². The highest BCUT2D eigenvalue weighted by atomic mass is 35.5. The third-order valence-corrected chi connectivity index (χ3v) is 4.41. The monoisotopic (exact) mass is 295 g/mol. The maximum atomic E-state index is 12.3. The van der Waals surface area contributed by atoms with E-state index in [0.29, 0.717) is 23.4 Å². The number of rotatable bonds is 3. The maximum Gasteiger partial charge on any atom is 0.329 e. The summed E-state index contributed by atoms with van der Waals surface area (Å²) in [7, 11) is 0. The number of benzene rings is 1. The van der Waals surface area contributed by atoms with Crippen LogP contribution in [0.5, 0.6) is 0 Å². The van der Waals surface area contributed by atoms with Gasteiger partial charge in [-0.3, -0.25) is 4.79 Å². The minimum atomic E-state index is -1.15. The summed E-state index contributed by atoms with van der Waals surface area (Å²) in [4.78, 5) is 23.9. The molecule has 0 saturated heterocycles. The van der Waals surface area contributed by atoms with Gasteiger partial charge in [0.15, 0.2) is 0 Å². The first-order chi connectivity index (χ1) is 9.46. The number of carboxylic acid groups (broad SMARTS) is 1. The number of carboxylic acids is 1. The van der Waals surface area contributed by atoms with Crippen LogP contribution < -0.4 is 5.32 Å². The molecular weight excluding hydrogens is 278 g/mol. The Balaban J connectivity index is 2.25. The van der Waals surface area contributed by atoms with Crippen molar-refractivity contribution in [3.8, 4) is 0 Å². The Morgan fingerprint density at radius 1 is 1.25 bits per heavy atom. The van der Waals surface area contributed by atoms with Crippen LogP contribution in [0.4, 0.5) is 0 Å². The van der Waals surface area contributed by atoms with Gasteiger partial charge in [-0.1, -0.05) is 43.0 Å². The highest BCUT2D eigenvalue weighted by Crippen LogP contribution is 2.29. The zero-order chi connectivity index (χ0) is 14.8. The molecule has 0 bridgehead atoms. The van der Waals surface area contributed by atoms with E-state index in [2.05, 4.69) is 5.32 Å². The highest BCUT2D eigenvalue weighted by molar-refractivity contribution is 6.34. The number of hydrogen-bond acceptors (Lipinski definition) is 2. The van der Waals surface area contributed by atoms with Gasteiger partial charge in [0.2, 0.25) is 0 Å². The number of nitrogens with one attached hydrogen (secondary N) is 1. The minimum Gasteiger partial charge on any atom is -0.480 e. The predicted octanol–water partition coefficient (Wildman–Crippen LogP) is 3.17. The van der Waals surface area contributed by atoms with Crippen molar-refractivity contribution in [2.45, 2.75) is 44.6 Å². The lowest BCUT2D eigenvalue weighted by molar-refractivity contribution is -0.145. The van der Waals surface area contributed by atoms with Gasteiger partial charge in [0, 0.05) is 0 Å². The van der Waals surface area contributed by atoms with E-state index >= 15 is 0 Å². The summed E-state index contributed by atoms with van der Waals surface area (Å²) in [5, 5.41) is 12.5. The fourth-order valence-corrected chi connectivity index (χ4v) is 2.87. The van der Waals surface area contributed by atoms with Gasteiger partial charge >= 0.3 is 5.97 Å². The molecule has 108 valence electrons. The van der Waals surface area contributed by atoms with Gasteiger partial charge in [0.05, 0.1) is 10.6 Å². The van der Waals surface area contributed by atoms with Crippen LogP contribution in [0, 0.1) is 6.92 Å². The minimum absolute atomic E-state index is 0.331. The molecule has 1 aromatic rings. The van der Waals surface area contributed by atoms with Crippen molar-refractivity contribution in [2.24, 2.45) is 0 Å². The van der Waals surface area contributed by atoms with Crippen LogP contribution in [0.25, 0.3) is 0 Å². The van der Waals surface area contributed by atoms with Crippen molar-refractivity contribution in [3.63, 3.8) is 0 Å². The fraction of sp³-hybridized carbons (Fsp3) is 0.467. The van der Waals surface area contributed by atoms with Gasteiger partial charge in [-0.25, -0.2) is 4.79 Å². The maximum absolute atomic E-state index is 12.3. The molecule has 2 N–H and O–H groups in total. The highest BCUT2D eigenvalue weighted by Gasteiger charge is 2.41. The Kier molecular flexibility index (Phi) is 4.33. The number of amides is 1. The number of carbonyl (C=O) groups is 2. The van der Waals surface area contributed by atoms with Crippen molar-refractivity contribution in [2.75, 3.05) is 0 Å². The van der Waals surface area contributed by atoms with E-state index in [1.165, 1.54) is 0 Å². The Morgan fingerprint density at radius 2 is 1.90 bits per heavy atom. The molecule has 0 aliphatic heterocycles. The number of carbonyl (C=O) groups excluding carboxylic acids is 1. The fourth-order valence-electron chi connectivity index (χ4n) is 2.66. The standard InChI is InChI=1S/C15H18ClNO3/c1-10-6-5-7-11(12(10)16)13(18)17-15(14(19)20)8-3-2-4-9-15/h5-7H,2-4,8-9H2,1H3,(H,17,18)(H,19,20). The summed E-state index contributed by atoms with van der Waals surface area (Å²) < 4.78 is 0. The van der Waals surface area contributed by atoms with E-state index in [1.54, 1.807) is 12.1 Å². The Bertz CT molecular complexity index is 536. The number of halogens is 1. The van der Waals surface area contributed by atoms with Gasteiger partial charge in [-0.15, -0.1) is 0 Å².